The molecule has 1 rings (SSSR count). The number of halogens is 1. The molecule has 3 heteroatoms. The lowest BCUT2D eigenvalue weighted by Gasteiger charge is -2.17. The Bertz CT molecular complexity index is 146. The normalized spacial score (nSPS) is 17.8. The van der Waals surface area contributed by atoms with Crippen LogP contribution in [0.5, 0.6) is 0 Å². The van der Waals surface area contributed by atoms with Crippen LogP contribution in [0.1, 0.15) is 20.8 Å². The summed E-state index contributed by atoms with van der Waals surface area (Å²) in [7, 11) is 0. The smallest absolute Gasteiger partial charge is 0.233 e. The van der Waals surface area contributed by atoms with Crippen LogP contribution < -0.4 is 0 Å². The van der Waals surface area contributed by atoms with Crippen LogP contribution in [-0.2, 0) is 0 Å². The molecule has 0 bridgehead atoms. The minimum absolute atomic E-state index is 0.292. The Kier molecular flexibility index (Phi) is 1.43. The molecule has 0 saturated carbocycles. The summed E-state index contributed by atoms with van der Waals surface area (Å²) in [5.74, 6) is 0. The SMILES string of the molecule is CC(C)(C)CN1N=C1Cl. The Hall–Kier alpha value is -0.240. The van der Waals surface area contributed by atoms with Crippen LogP contribution in [-0.4, -0.2) is 16.8 Å². The first-order valence-corrected chi connectivity index (χ1v) is 3.38. The first kappa shape index (κ1) is 6.87. The van der Waals surface area contributed by atoms with Gasteiger partial charge in [-0.25, -0.2) is 5.01 Å². The van der Waals surface area contributed by atoms with E-state index in [0.717, 1.165) is 6.54 Å². The van der Waals surface area contributed by atoms with Crippen molar-refractivity contribution in [1.29, 1.82) is 0 Å². The Balaban J connectivity index is 2.22. The lowest BCUT2D eigenvalue weighted by Crippen LogP contribution is -2.20. The van der Waals surface area contributed by atoms with Gasteiger partial charge in [-0.3, -0.25) is 0 Å². The molecule has 0 fully saturated rings. The molecule has 0 atom stereocenters. The van der Waals surface area contributed by atoms with Crippen molar-refractivity contribution in [2.45, 2.75) is 20.8 Å². The summed E-state index contributed by atoms with van der Waals surface area (Å²) >= 11 is 5.53. The monoisotopic (exact) mass is 146 g/mol. The van der Waals surface area contributed by atoms with E-state index in [-0.39, 0.29) is 0 Å². The molecule has 52 valence electrons. The van der Waals surface area contributed by atoms with Gasteiger partial charge in [0.1, 0.15) is 0 Å². The summed E-state index contributed by atoms with van der Waals surface area (Å²) in [5.41, 5.74) is 0.292. The highest BCUT2D eigenvalue weighted by molar-refractivity contribution is 6.67. The Morgan fingerprint density at radius 3 is 2.11 bits per heavy atom. The van der Waals surface area contributed by atoms with Crippen LogP contribution >= 0.6 is 11.6 Å². The standard InChI is InChI=1S/C6H11ClN2/c1-6(2,3)4-9-5(7)8-9/h4H2,1-3H3. The van der Waals surface area contributed by atoms with Gasteiger partial charge in [0.2, 0.25) is 5.29 Å². The predicted molar refractivity (Wildman–Crippen MR) is 39.4 cm³/mol. The third-order valence-corrected chi connectivity index (χ3v) is 1.27. The average molecular weight is 147 g/mol. The first-order valence-electron chi connectivity index (χ1n) is 3.01. The highest BCUT2D eigenvalue weighted by Crippen LogP contribution is 2.22. The molecule has 0 aromatic heterocycles. The Labute approximate surface area is 60.5 Å². The van der Waals surface area contributed by atoms with Crippen LogP contribution in [0.2, 0.25) is 0 Å². The highest BCUT2D eigenvalue weighted by Gasteiger charge is 2.26. The number of nitrogens with zero attached hydrogens (tertiary/aromatic N) is 2. The van der Waals surface area contributed by atoms with Crippen molar-refractivity contribution in [3.63, 3.8) is 0 Å². The van der Waals surface area contributed by atoms with E-state index >= 15 is 0 Å². The molecular formula is C6H11ClN2. The van der Waals surface area contributed by atoms with E-state index in [1.165, 1.54) is 0 Å². The van der Waals surface area contributed by atoms with E-state index < -0.39 is 0 Å². The van der Waals surface area contributed by atoms with Gasteiger partial charge >= 0.3 is 0 Å². The number of rotatable bonds is 1. The maximum atomic E-state index is 5.53. The van der Waals surface area contributed by atoms with E-state index in [1.807, 2.05) is 5.01 Å². The highest BCUT2D eigenvalue weighted by atomic mass is 35.5. The summed E-state index contributed by atoms with van der Waals surface area (Å²) in [6.45, 7) is 7.40. The van der Waals surface area contributed by atoms with E-state index in [2.05, 4.69) is 25.9 Å². The van der Waals surface area contributed by atoms with Gasteiger partial charge in [-0.1, -0.05) is 20.8 Å². The summed E-state index contributed by atoms with van der Waals surface area (Å²) in [6, 6.07) is 0. The van der Waals surface area contributed by atoms with E-state index in [9.17, 15) is 0 Å². The molecule has 1 aliphatic heterocycles. The maximum Gasteiger partial charge on any atom is 0.237 e. The Morgan fingerprint density at radius 1 is 1.56 bits per heavy atom. The fourth-order valence-corrected chi connectivity index (χ4v) is 0.778. The summed E-state index contributed by atoms with van der Waals surface area (Å²) < 4.78 is 0. The van der Waals surface area contributed by atoms with Crippen LogP contribution in [0.25, 0.3) is 0 Å². The Morgan fingerprint density at radius 2 is 2.00 bits per heavy atom. The molecule has 0 spiro atoms. The van der Waals surface area contributed by atoms with Gasteiger partial charge < -0.3 is 0 Å². The van der Waals surface area contributed by atoms with Crippen LogP contribution in [0.3, 0.4) is 0 Å². The van der Waals surface area contributed by atoms with Crippen LogP contribution in [0.4, 0.5) is 0 Å². The molecule has 0 unspecified atom stereocenters. The third kappa shape index (κ3) is 2.22. The van der Waals surface area contributed by atoms with E-state index in [4.69, 9.17) is 11.6 Å². The second-order valence-corrected chi connectivity index (χ2v) is 3.83. The molecule has 1 aliphatic rings. The van der Waals surface area contributed by atoms with Crippen molar-refractivity contribution in [3.05, 3.63) is 0 Å². The van der Waals surface area contributed by atoms with Gasteiger partial charge in [0, 0.05) is 6.54 Å². The number of hydrogen-bond acceptors (Lipinski definition) is 2. The second kappa shape index (κ2) is 1.87. The topological polar surface area (TPSA) is 15.4 Å². The second-order valence-electron chi connectivity index (χ2n) is 3.49. The minimum atomic E-state index is 0.292. The molecule has 0 aliphatic carbocycles. The zero-order valence-electron chi connectivity index (χ0n) is 5.98. The molecular weight excluding hydrogens is 136 g/mol. The molecule has 1 heterocycles. The quantitative estimate of drug-likeness (QED) is 0.516. The molecule has 2 nitrogen and oxygen atoms in total. The van der Waals surface area contributed by atoms with Gasteiger partial charge in [-0.15, -0.1) is 5.10 Å². The number of hydrogen-bond donors (Lipinski definition) is 0. The van der Waals surface area contributed by atoms with Crippen molar-refractivity contribution in [3.8, 4) is 0 Å². The molecule has 0 radical (unpaired) electrons. The lowest BCUT2D eigenvalue weighted by atomic mass is 9.97. The van der Waals surface area contributed by atoms with Crippen molar-refractivity contribution >= 4 is 16.9 Å². The molecule has 0 aromatic carbocycles. The summed E-state index contributed by atoms with van der Waals surface area (Å²) in [5, 5.41) is 6.31. The van der Waals surface area contributed by atoms with Gasteiger partial charge in [0.25, 0.3) is 0 Å². The van der Waals surface area contributed by atoms with Crippen molar-refractivity contribution in [1.82, 2.24) is 5.01 Å². The maximum absolute atomic E-state index is 5.53. The summed E-state index contributed by atoms with van der Waals surface area (Å²) in [4.78, 5) is 0. The van der Waals surface area contributed by atoms with Gasteiger partial charge in [0.15, 0.2) is 0 Å². The largest absolute Gasteiger partial charge is 0.237 e. The first-order chi connectivity index (χ1) is 3.99. The van der Waals surface area contributed by atoms with Gasteiger partial charge in [-0.2, -0.15) is 0 Å². The molecule has 0 amide bonds. The third-order valence-electron chi connectivity index (χ3n) is 1.00. The molecule has 0 saturated heterocycles. The number of amidine groups is 1. The predicted octanol–water partition coefficient (Wildman–Crippen LogP) is 1.86. The summed E-state index contributed by atoms with van der Waals surface area (Å²) in [6.07, 6.45) is 0. The lowest BCUT2D eigenvalue weighted by molar-refractivity contribution is 0.324. The van der Waals surface area contributed by atoms with E-state index in [0.29, 0.717) is 10.7 Å². The van der Waals surface area contributed by atoms with Crippen molar-refractivity contribution < 1.29 is 0 Å². The number of hydrazone groups is 1. The van der Waals surface area contributed by atoms with Crippen LogP contribution in [0, 0.1) is 5.41 Å². The fraction of sp³-hybridized carbons (Fsp3) is 0.833. The van der Waals surface area contributed by atoms with Gasteiger partial charge in [-0.05, 0) is 17.0 Å². The molecule has 0 N–H and O–H groups in total. The van der Waals surface area contributed by atoms with Crippen LogP contribution in [0.15, 0.2) is 5.10 Å². The van der Waals surface area contributed by atoms with Gasteiger partial charge in [0.05, 0.1) is 0 Å². The molecule has 0 aromatic rings. The molecule has 9 heavy (non-hydrogen) atoms. The zero-order chi connectivity index (χ0) is 7.07. The van der Waals surface area contributed by atoms with E-state index in [1.54, 1.807) is 0 Å². The minimum Gasteiger partial charge on any atom is -0.233 e. The average Bonchev–Trinajstić information content (AvgIpc) is 2.13. The zero-order valence-corrected chi connectivity index (χ0v) is 6.74. The van der Waals surface area contributed by atoms with Crippen molar-refractivity contribution in [2.24, 2.45) is 10.5 Å². The fourth-order valence-electron chi connectivity index (χ4n) is 0.627. The van der Waals surface area contributed by atoms with Crippen molar-refractivity contribution in [2.75, 3.05) is 6.54 Å².